The molecule has 4 rings (SSSR count). The smallest absolute Gasteiger partial charge is 0.254 e. The van der Waals surface area contributed by atoms with Crippen LogP contribution in [0.5, 0.6) is 0 Å². The van der Waals surface area contributed by atoms with Crippen LogP contribution < -0.4 is 0 Å². The van der Waals surface area contributed by atoms with E-state index in [1.54, 1.807) is 0 Å². The van der Waals surface area contributed by atoms with Gasteiger partial charge in [0, 0.05) is 37.8 Å². The standard InChI is InChI=1S/C18H24N2O2/c21-18(19-8-10-22-11-9-19)15-4-5-16-13-20(17-2-1-3-17)7-6-14(16)12-15/h4-5,12,17H,1-3,6-11,13H2. The van der Waals surface area contributed by atoms with Crippen molar-refractivity contribution >= 4 is 5.91 Å². The van der Waals surface area contributed by atoms with Crippen LogP contribution in [0.3, 0.4) is 0 Å². The van der Waals surface area contributed by atoms with Crippen LogP contribution in [0.15, 0.2) is 18.2 Å². The van der Waals surface area contributed by atoms with Gasteiger partial charge in [0.1, 0.15) is 0 Å². The fraction of sp³-hybridized carbons (Fsp3) is 0.611. The van der Waals surface area contributed by atoms with Crippen molar-refractivity contribution < 1.29 is 9.53 Å². The number of rotatable bonds is 2. The molecule has 4 nitrogen and oxygen atoms in total. The highest BCUT2D eigenvalue weighted by Crippen LogP contribution is 2.30. The zero-order valence-electron chi connectivity index (χ0n) is 13.1. The fourth-order valence-corrected chi connectivity index (χ4v) is 3.72. The number of amides is 1. The first-order valence-corrected chi connectivity index (χ1v) is 8.54. The molecule has 0 aromatic heterocycles. The Morgan fingerprint density at radius 1 is 1.09 bits per heavy atom. The van der Waals surface area contributed by atoms with Crippen LogP contribution in [0, 0.1) is 0 Å². The Hall–Kier alpha value is -1.39. The van der Waals surface area contributed by atoms with Gasteiger partial charge in [-0.2, -0.15) is 0 Å². The van der Waals surface area contributed by atoms with E-state index in [1.807, 2.05) is 11.0 Å². The number of nitrogens with zero attached hydrogens (tertiary/aromatic N) is 2. The van der Waals surface area contributed by atoms with Gasteiger partial charge in [-0.1, -0.05) is 12.5 Å². The Morgan fingerprint density at radius 3 is 2.64 bits per heavy atom. The molecule has 1 saturated heterocycles. The van der Waals surface area contributed by atoms with Gasteiger partial charge in [-0.25, -0.2) is 0 Å². The second-order valence-corrected chi connectivity index (χ2v) is 6.69. The lowest BCUT2D eigenvalue weighted by molar-refractivity contribution is 0.0302. The summed E-state index contributed by atoms with van der Waals surface area (Å²) in [5.41, 5.74) is 3.63. The summed E-state index contributed by atoms with van der Waals surface area (Å²) in [6.07, 6.45) is 5.20. The minimum Gasteiger partial charge on any atom is -0.378 e. The third-order valence-corrected chi connectivity index (χ3v) is 5.38. The Kier molecular flexibility index (Phi) is 3.89. The van der Waals surface area contributed by atoms with Crippen LogP contribution in [0.4, 0.5) is 0 Å². The summed E-state index contributed by atoms with van der Waals surface area (Å²) in [5, 5.41) is 0. The number of hydrogen-bond donors (Lipinski definition) is 0. The normalized spacial score (nSPS) is 23.0. The van der Waals surface area contributed by atoms with Gasteiger partial charge >= 0.3 is 0 Å². The van der Waals surface area contributed by atoms with E-state index in [1.165, 1.54) is 30.4 Å². The molecule has 1 aliphatic carbocycles. The predicted octanol–water partition coefficient (Wildman–Crippen LogP) is 2.07. The van der Waals surface area contributed by atoms with E-state index in [4.69, 9.17) is 4.74 Å². The van der Waals surface area contributed by atoms with Gasteiger partial charge in [-0.05, 0) is 42.5 Å². The van der Waals surface area contributed by atoms with Gasteiger partial charge in [0.2, 0.25) is 0 Å². The second kappa shape index (κ2) is 6.01. The number of carbonyl (C=O) groups is 1. The average molecular weight is 300 g/mol. The zero-order chi connectivity index (χ0) is 14.9. The SMILES string of the molecule is O=C(c1ccc2c(c1)CCN(C1CCC1)C2)N1CCOCC1. The monoisotopic (exact) mass is 300 g/mol. The quantitative estimate of drug-likeness (QED) is 0.838. The maximum absolute atomic E-state index is 12.6. The predicted molar refractivity (Wildman–Crippen MR) is 84.9 cm³/mol. The van der Waals surface area contributed by atoms with E-state index in [9.17, 15) is 4.79 Å². The van der Waals surface area contributed by atoms with Crippen LogP contribution >= 0.6 is 0 Å². The molecular weight excluding hydrogens is 276 g/mol. The Bertz CT molecular complexity index is 562. The first kappa shape index (κ1) is 14.2. The van der Waals surface area contributed by atoms with E-state index in [0.29, 0.717) is 26.3 Å². The molecular formula is C18H24N2O2. The molecule has 2 aliphatic heterocycles. The molecule has 118 valence electrons. The molecule has 4 heteroatoms. The number of morpholine rings is 1. The topological polar surface area (TPSA) is 32.8 Å². The van der Waals surface area contributed by atoms with Crippen molar-refractivity contribution in [3.05, 3.63) is 34.9 Å². The number of benzene rings is 1. The molecule has 1 amide bonds. The molecule has 0 radical (unpaired) electrons. The summed E-state index contributed by atoms with van der Waals surface area (Å²) in [4.78, 5) is 17.1. The van der Waals surface area contributed by atoms with Crippen molar-refractivity contribution in [2.24, 2.45) is 0 Å². The van der Waals surface area contributed by atoms with Gasteiger partial charge < -0.3 is 9.64 Å². The summed E-state index contributed by atoms with van der Waals surface area (Å²) in [6, 6.07) is 7.13. The minimum atomic E-state index is 0.160. The largest absolute Gasteiger partial charge is 0.378 e. The molecule has 1 saturated carbocycles. The summed E-state index contributed by atoms with van der Waals surface area (Å²) in [5.74, 6) is 0.160. The maximum Gasteiger partial charge on any atom is 0.254 e. The Balaban J connectivity index is 1.48. The van der Waals surface area contributed by atoms with Gasteiger partial charge in [0.25, 0.3) is 5.91 Å². The molecule has 2 fully saturated rings. The first-order valence-electron chi connectivity index (χ1n) is 8.54. The van der Waals surface area contributed by atoms with Gasteiger partial charge in [-0.3, -0.25) is 9.69 Å². The fourth-order valence-electron chi connectivity index (χ4n) is 3.72. The van der Waals surface area contributed by atoms with Crippen molar-refractivity contribution in [3.63, 3.8) is 0 Å². The highest BCUT2D eigenvalue weighted by molar-refractivity contribution is 5.94. The third kappa shape index (κ3) is 2.66. The number of fused-ring (bicyclic) bond motifs is 1. The molecule has 1 aromatic rings. The Labute approximate surface area is 132 Å². The van der Waals surface area contributed by atoms with Crippen molar-refractivity contribution in [3.8, 4) is 0 Å². The van der Waals surface area contributed by atoms with Crippen molar-refractivity contribution in [1.82, 2.24) is 9.80 Å². The van der Waals surface area contributed by atoms with Crippen LogP contribution in [0.2, 0.25) is 0 Å². The van der Waals surface area contributed by atoms with Crippen molar-refractivity contribution in [2.45, 2.75) is 38.3 Å². The number of carbonyl (C=O) groups excluding carboxylic acids is 1. The lowest BCUT2D eigenvalue weighted by Gasteiger charge is -2.40. The highest BCUT2D eigenvalue weighted by atomic mass is 16.5. The Morgan fingerprint density at radius 2 is 1.91 bits per heavy atom. The van der Waals surface area contributed by atoms with Crippen molar-refractivity contribution in [1.29, 1.82) is 0 Å². The van der Waals surface area contributed by atoms with Crippen molar-refractivity contribution in [2.75, 3.05) is 32.8 Å². The van der Waals surface area contributed by atoms with E-state index in [2.05, 4.69) is 17.0 Å². The number of hydrogen-bond acceptors (Lipinski definition) is 3. The van der Waals surface area contributed by atoms with E-state index in [-0.39, 0.29) is 5.91 Å². The summed E-state index contributed by atoms with van der Waals surface area (Å²) in [6.45, 7) is 4.95. The molecule has 0 spiro atoms. The lowest BCUT2D eigenvalue weighted by Crippen LogP contribution is -2.43. The molecule has 2 heterocycles. The molecule has 22 heavy (non-hydrogen) atoms. The van der Waals surface area contributed by atoms with Crippen LogP contribution in [0.25, 0.3) is 0 Å². The summed E-state index contributed by atoms with van der Waals surface area (Å²) >= 11 is 0. The second-order valence-electron chi connectivity index (χ2n) is 6.69. The summed E-state index contributed by atoms with van der Waals surface area (Å²) in [7, 11) is 0. The van der Waals surface area contributed by atoms with Gasteiger partial charge in [0.05, 0.1) is 13.2 Å². The van der Waals surface area contributed by atoms with E-state index < -0.39 is 0 Å². The molecule has 0 unspecified atom stereocenters. The average Bonchev–Trinajstić information content (AvgIpc) is 2.53. The van der Waals surface area contributed by atoms with E-state index >= 15 is 0 Å². The number of ether oxygens (including phenoxy) is 1. The van der Waals surface area contributed by atoms with Crippen LogP contribution in [-0.2, 0) is 17.7 Å². The molecule has 0 N–H and O–H groups in total. The zero-order valence-corrected chi connectivity index (χ0v) is 13.1. The van der Waals surface area contributed by atoms with Gasteiger partial charge in [-0.15, -0.1) is 0 Å². The maximum atomic E-state index is 12.6. The molecule has 1 aromatic carbocycles. The third-order valence-electron chi connectivity index (χ3n) is 5.38. The first-order chi connectivity index (χ1) is 10.8. The molecule has 3 aliphatic rings. The van der Waals surface area contributed by atoms with E-state index in [0.717, 1.165) is 31.1 Å². The minimum absolute atomic E-state index is 0.160. The molecule has 0 atom stereocenters. The van der Waals surface area contributed by atoms with Crippen LogP contribution in [0.1, 0.15) is 40.7 Å². The van der Waals surface area contributed by atoms with Crippen LogP contribution in [-0.4, -0.2) is 54.6 Å². The van der Waals surface area contributed by atoms with Gasteiger partial charge in [0.15, 0.2) is 0 Å². The summed E-state index contributed by atoms with van der Waals surface area (Å²) < 4.78 is 5.33. The molecule has 0 bridgehead atoms. The highest BCUT2D eigenvalue weighted by Gasteiger charge is 2.28. The lowest BCUT2D eigenvalue weighted by atomic mass is 9.88.